The molecular formula is C23H20FN3O3. The van der Waals surface area contributed by atoms with Crippen molar-refractivity contribution >= 4 is 23.8 Å². The third kappa shape index (κ3) is 6.27. The molecule has 152 valence electrons. The highest BCUT2D eigenvalue weighted by molar-refractivity contribution is 5.91. The summed E-state index contributed by atoms with van der Waals surface area (Å²) in [5.74, 6) is -1.13. The number of carbonyl (C=O) groups excluding carboxylic acids is 2. The van der Waals surface area contributed by atoms with E-state index in [1.165, 1.54) is 24.4 Å². The predicted molar refractivity (Wildman–Crippen MR) is 113 cm³/mol. The van der Waals surface area contributed by atoms with Crippen LogP contribution in [0, 0.1) is 12.7 Å². The maximum Gasteiger partial charge on any atom is 0.343 e. The summed E-state index contributed by atoms with van der Waals surface area (Å²) in [7, 11) is 0. The van der Waals surface area contributed by atoms with Crippen LogP contribution in [0.25, 0.3) is 0 Å². The number of amides is 1. The Morgan fingerprint density at radius 2 is 1.80 bits per heavy atom. The first kappa shape index (κ1) is 20.7. The van der Waals surface area contributed by atoms with E-state index < -0.39 is 11.8 Å². The normalized spacial score (nSPS) is 10.6. The number of aryl methyl sites for hydroxylation is 1. The van der Waals surface area contributed by atoms with E-state index >= 15 is 0 Å². The zero-order chi connectivity index (χ0) is 21.3. The topological polar surface area (TPSA) is 79.8 Å². The van der Waals surface area contributed by atoms with Crippen LogP contribution in [-0.4, -0.2) is 24.6 Å². The lowest BCUT2D eigenvalue weighted by Gasteiger charge is -2.06. The van der Waals surface area contributed by atoms with E-state index in [9.17, 15) is 14.0 Å². The van der Waals surface area contributed by atoms with Crippen LogP contribution in [0.4, 0.5) is 10.1 Å². The number of benzene rings is 3. The van der Waals surface area contributed by atoms with Crippen LogP contribution < -0.4 is 15.5 Å². The zero-order valence-electron chi connectivity index (χ0n) is 16.3. The molecule has 2 N–H and O–H groups in total. The molecule has 3 aromatic carbocycles. The monoisotopic (exact) mass is 405 g/mol. The van der Waals surface area contributed by atoms with Crippen molar-refractivity contribution in [2.24, 2.45) is 5.10 Å². The highest BCUT2D eigenvalue weighted by Crippen LogP contribution is 2.14. The van der Waals surface area contributed by atoms with Gasteiger partial charge in [0.2, 0.25) is 0 Å². The molecule has 0 aliphatic carbocycles. The molecule has 0 fully saturated rings. The van der Waals surface area contributed by atoms with Gasteiger partial charge in [0, 0.05) is 5.69 Å². The third-order valence-electron chi connectivity index (χ3n) is 4.02. The van der Waals surface area contributed by atoms with Gasteiger partial charge in [-0.25, -0.2) is 14.6 Å². The second-order valence-corrected chi connectivity index (χ2v) is 6.49. The number of anilines is 1. The predicted octanol–water partition coefficient (Wildman–Crippen LogP) is 3.92. The molecule has 0 aromatic heterocycles. The molecule has 0 radical (unpaired) electrons. The van der Waals surface area contributed by atoms with Gasteiger partial charge in [-0.15, -0.1) is 0 Å². The molecule has 0 atom stereocenters. The van der Waals surface area contributed by atoms with E-state index in [-0.39, 0.29) is 18.0 Å². The van der Waals surface area contributed by atoms with Crippen molar-refractivity contribution in [2.75, 3.05) is 11.9 Å². The van der Waals surface area contributed by atoms with Crippen molar-refractivity contribution < 1.29 is 18.7 Å². The van der Waals surface area contributed by atoms with Gasteiger partial charge >= 0.3 is 5.97 Å². The molecule has 0 aliphatic heterocycles. The maximum atomic E-state index is 13.2. The molecule has 6 nitrogen and oxygen atoms in total. The smallest absolute Gasteiger partial charge is 0.343 e. The SMILES string of the molecule is Cc1cccc(NCC(=O)N/N=C\c2ccc(OC(=O)c3cccc(F)c3)cc2)c1. The number of hydrazone groups is 1. The number of hydrogen-bond donors (Lipinski definition) is 2. The molecule has 0 bridgehead atoms. The van der Waals surface area contributed by atoms with Crippen LogP contribution >= 0.6 is 0 Å². The minimum absolute atomic E-state index is 0.0930. The minimum atomic E-state index is -0.649. The summed E-state index contributed by atoms with van der Waals surface area (Å²) in [6.45, 7) is 2.07. The van der Waals surface area contributed by atoms with Gasteiger partial charge in [-0.3, -0.25) is 4.79 Å². The average molecular weight is 405 g/mol. The highest BCUT2D eigenvalue weighted by atomic mass is 19.1. The first-order chi connectivity index (χ1) is 14.5. The number of nitrogens with one attached hydrogen (secondary N) is 2. The van der Waals surface area contributed by atoms with Crippen molar-refractivity contribution in [3.05, 3.63) is 95.3 Å². The van der Waals surface area contributed by atoms with Crippen LogP contribution in [0.1, 0.15) is 21.5 Å². The molecule has 0 unspecified atom stereocenters. The summed E-state index contributed by atoms with van der Waals surface area (Å²) in [4.78, 5) is 23.9. The zero-order valence-corrected chi connectivity index (χ0v) is 16.3. The largest absolute Gasteiger partial charge is 0.423 e. The van der Waals surface area contributed by atoms with Crippen LogP contribution in [0.5, 0.6) is 5.75 Å². The quantitative estimate of drug-likeness (QED) is 0.270. The Labute approximate surface area is 173 Å². The van der Waals surface area contributed by atoms with Crippen molar-refractivity contribution in [3.8, 4) is 5.75 Å². The molecule has 3 aromatic rings. The summed E-state index contributed by atoms with van der Waals surface area (Å²) in [5.41, 5.74) is 5.22. The van der Waals surface area contributed by atoms with Gasteiger partial charge < -0.3 is 10.1 Å². The Morgan fingerprint density at radius 3 is 2.53 bits per heavy atom. The maximum absolute atomic E-state index is 13.2. The third-order valence-corrected chi connectivity index (χ3v) is 4.02. The van der Waals surface area contributed by atoms with Gasteiger partial charge in [0.05, 0.1) is 18.3 Å². The van der Waals surface area contributed by atoms with E-state index in [2.05, 4.69) is 15.8 Å². The Balaban J connectivity index is 1.47. The summed E-state index contributed by atoms with van der Waals surface area (Å²) in [6.07, 6.45) is 1.47. The summed E-state index contributed by atoms with van der Waals surface area (Å²) < 4.78 is 18.4. The number of hydrogen-bond acceptors (Lipinski definition) is 5. The van der Waals surface area contributed by atoms with Gasteiger partial charge in [0.1, 0.15) is 11.6 Å². The number of esters is 1. The van der Waals surface area contributed by atoms with E-state index in [0.717, 1.165) is 17.3 Å². The number of nitrogens with zero attached hydrogens (tertiary/aromatic N) is 1. The number of halogens is 1. The summed E-state index contributed by atoms with van der Waals surface area (Å²) in [5, 5.41) is 6.92. The van der Waals surface area contributed by atoms with E-state index in [1.807, 2.05) is 31.2 Å². The van der Waals surface area contributed by atoms with Crippen LogP contribution in [0.3, 0.4) is 0 Å². The van der Waals surface area contributed by atoms with Crippen molar-refractivity contribution in [3.63, 3.8) is 0 Å². The van der Waals surface area contributed by atoms with Gasteiger partial charge in [-0.1, -0.05) is 18.2 Å². The Morgan fingerprint density at radius 1 is 1.03 bits per heavy atom. The molecule has 30 heavy (non-hydrogen) atoms. The van der Waals surface area contributed by atoms with Crippen molar-refractivity contribution in [1.29, 1.82) is 0 Å². The van der Waals surface area contributed by atoms with Gasteiger partial charge in [0.15, 0.2) is 0 Å². The molecule has 3 rings (SSSR count). The number of rotatable bonds is 7. The van der Waals surface area contributed by atoms with Crippen LogP contribution in [-0.2, 0) is 4.79 Å². The fraction of sp³-hybridized carbons (Fsp3) is 0.0870. The van der Waals surface area contributed by atoms with Gasteiger partial charge in [0.25, 0.3) is 5.91 Å². The Bertz CT molecular complexity index is 1070. The second kappa shape index (κ2) is 9.97. The Hall–Kier alpha value is -4.00. The lowest BCUT2D eigenvalue weighted by atomic mass is 10.2. The van der Waals surface area contributed by atoms with Crippen LogP contribution in [0.2, 0.25) is 0 Å². The average Bonchev–Trinajstić information content (AvgIpc) is 2.73. The van der Waals surface area contributed by atoms with E-state index in [4.69, 9.17) is 4.74 Å². The first-order valence-electron chi connectivity index (χ1n) is 9.20. The highest BCUT2D eigenvalue weighted by Gasteiger charge is 2.09. The minimum Gasteiger partial charge on any atom is -0.423 e. The first-order valence-corrected chi connectivity index (χ1v) is 9.20. The van der Waals surface area contributed by atoms with Crippen molar-refractivity contribution in [1.82, 2.24) is 5.43 Å². The lowest BCUT2D eigenvalue weighted by molar-refractivity contribution is -0.119. The molecule has 0 spiro atoms. The Kier molecular flexibility index (Phi) is 6.89. The van der Waals surface area contributed by atoms with Crippen LogP contribution in [0.15, 0.2) is 77.9 Å². The molecule has 0 saturated carbocycles. The van der Waals surface area contributed by atoms with E-state index in [0.29, 0.717) is 11.3 Å². The summed E-state index contributed by atoms with van der Waals surface area (Å²) in [6, 6.07) is 19.5. The molecule has 0 saturated heterocycles. The summed E-state index contributed by atoms with van der Waals surface area (Å²) >= 11 is 0. The molecule has 0 aliphatic rings. The molecule has 1 amide bonds. The standard InChI is InChI=1S/C23H20FN3O3/c1-16-4-2-7-20(12-16)25-15-22(28)27-26-14-17-8-10-21(11-9-17)30-23(29)18-5-3-6-19(24)13-18/h2-14,25H,15H2,1H3,(H,27,28)/b26-14-. The van der Waals surface area contributed by atoms with Crippen molar-refractivity contribution in [2.45, 2.75) is 6.92 Å². The van der Waals surface area contributed by atoms with Gasteiger partial charge in [-0.05, 0) is 72.6 Å². The fourth-order valence-electron chi connectivity index (χ4n) is 2.56. The molecule has 7 heteroatoms. The second-order valence-electron chi connectivity index (χ2n) is 6.49. The lowest BCUT2D eigenvalue weighted by Crippen LogP contribution is -2.25. The van der Waals surface area contributed by atoms with Gasteiger partial charge in [-0.2, -0.15) is 5.10 Å². The number of ether oxygens (including phenoxy) is 1. The number of carbonyl (C=O) groups is 2. The van der Waals surface area contributed by atoms with E-state index in [1.54, 1.807) is 24.3 Å². The molecular weight excluding hydrogens is 385 g/mol. The molecule has 0 heterocycles. The fourth-order valence-corrected chi connectivity index (χ4v) is 2.56.